The first-order chi connectivity index (χ1) is 12.7. The van der Waals surface area contributed by atoms with Crippen LogP contribution in [-0.4, -0.2) is 30.6 Å². The lowest BCUT2D eigenvalue weighted by atomic mass is 10.2. The fourth-order valence-corrected chi connectivity index (χ4v) is 3.36. The lowest BCUT2D eigenvalue weighted by molar-refractivity contribution is 0.297. The predicted octanol–water partition coefficient (Wildman–Crippen LogP) is 4.16. The van der Waals surface area contributed by atoms with Crippen LogP contribution in [0.25, 0.3) is 0 Å². The maximum atomic E-state index is 5.98. The molecule has 0 aliphatic heterocycles. The van der Waals surface area contributed by atoms with Crippen molar-refractivity contribution in [3.63, 3.8) is 0 Å². The van der Waals surface area contributed by atoms with Gasteiger partial charge in [0.25, 0.3) is 0 Å². The lowest BCUT2D eigenvalue weighted by Gasteiger charge is -2.12. The smallest absolute Gasteiger partial charge is 0.191 e. The largest absolute Gasteiger partial charge is 0.493 e. The lowest BCUT2D eigenvalue weighted by Crippen LogP contribution is -2.38. The Kier molecular flexibility index (Phi) is 9.33. The third-order valence-electron chi connectivity index (χ3n) is 4.20. The topological polar surface area (TPSA) is 58.5 Å². The molecule has 3 rings (SSSR count). The Morgan fingerprint density at radius 3 is 2.81 bits per heavy atom. The molecule has 0 bridgehead atoms. The molecule has 0 atom stereocenters. The Bertz CT molecular complexity index is 730. The van der Waals surface area contributed by atoms with Crippen molar-refractivity contribution in [3.05, 3.63) is 45.9 Å². The minimum absolute atomic E-state index is 0. The SMILES string of the molecule is CCNC(=NCc1ccccc1OCC1CC1)NCCc1ncc(C)s1.I. The third kappa shape index (κ3) is 7.65. The summed E-state index contributed by atoms with van der Waals surface area (Å²) in [5.74, 6) is 2.54. The molecule has 1 fully saturated rings. The summed E-state index contributed by atoms with van der Waals surface area (Å²) in [6.07, 6.45) is 5.43. The molecule has 1 aromatic heterocycles. The zero-order chi connectivity index (χ0) is 18.2. The third-order valence-corrected chi connectivity index (χ3v) is 5.17. The van der Waals surface area contributed by atoms with Gasteiger partial charge in [0.05, 0.1) is 18.2 Å². The van der Waals surface area contributed by atoms with Crippen molar-refractivity contribution in [2.75, 3.05) is 19.7 Å². The highest BCUT2D eigenvalue weighted by Crippen LogP contribution is 2.30. The van der Waals surface area contributed by atoms with E-state index < -0.39 is 0 Å². The summed E-state index contributed by atoms with van der Waals surface area (Å²) in [5, 5.41) is 7.86. The van der Waals surface area contributed by atoms with E-state index in [1.54, 1.807) is 11.3 Å². The summed E-state index contributed by atoms with van der Waals surface area (Å²) in [6.45, 7) is 7.25. The number of rotatable bonds is 9. The first-order valence-corrected chi connectivity index (χ1v) is 10.2. The normalized spacial score (nSPS) is 13.8. The van der Waals surface area contributed by atoms with E-state index in [9.17, 15) is 0 Å². The van der Waals surface area contributed by atoms with E-state index in [1.165, 1.54) is 17.7 Å². The van der Waals surface area contributed by atoms with Crippen LogP contribution in [0.4, 0.5) is 0 Å². The van der Waals surface area contributed by atoms with E-state index in [0.29, 0.717) is 6.54 Å². The molecule has 2 N–H and O–H groups in total. The van der Waals surface area contributed by atoms with E-state index in [-0.39, 0.29) is 24.0 Å². The van der Waals surface area contributed by atoms with Crippen LogP contribution in [-0.2, 0) is 13.0 Å². The minimum Gasteiger partial charge on any atom is -0.493 e. The molecule has 1 aliphatic carbocycles. The Balaban J connectivity index is 0.00000261. The number of aliphatic imine (C=N–C) groups is 1. The molecule has 0 amide bonds. The number of benzene rings is 1. The molecule has 7 heteroatoms. The monoisotopic (exact) mass is 500 g/mol. The average Bonchev–Trinajstić information content (AvgIpc) is 3.39. The maximum Gasteiger partial charge on any atom is 0.191 e. The maximum absolute atomic E-state index is 5.98. The zero-order valence-corrected chi connectivity index (χ0v) is 19.2. The Hall–Kier alpha value is -1.35. The predicted molar refractivity (Wildman–Crippen MR) is 123 cm³/mol. The number of hydrogen-bond donors (Lipinski definition) is 2. The van der Waals surface area contributed by atoms with Crippen molar-refractivity contribution in [1.29, 1.82) is 0 Å². The van der Waals surface area contributed by atoms with Gasteiger partial charge in [-0.2, -0.15) is 0 Å². The van der Waals surface area contributed by atoms with Gasteiger partial charge in [-0.1, -0.05) is 18.2 Å². The summed E-state index contributed by atoms with van der Waals surface area (Å²) in [7, 11) is 0. The number of aryl methyl sites for hydroxylation is 1. The van der Waals surface area contributed by atoms with Gasteiger partial charge in [-0.25, -0.2) is 9.98 Å². The summed E-state index contributed by atoms with van der Waals surface area (Å²) in [6, 6.07) is 8.20. The van der Waals surface area contributed by atoms with E-state index in [1.807, 2.05) is 24.4 Å². The number of nitrogens with one attached hydrogen (secondary N) is 2. The van der Waals surface area contributed by atoms with Gasteiger partial charge in [0, 0.05) is 36.1 Å². The van der Waals surface area contributed by atoms with E-state index in [4.69, 9.17) is 9.73 Å². The minimum atomic E-state index is 0. The molecule has 5 nitrogen and oxygen atoms in total. The molecule has 0 spiro atoms. The van der Waals surface area contributed by atoms with Gasteiger partial charge in [0.1, 0.15) is 5.75 Å². The van der Waals surface area contributed by atoms with Crippen LogP contribution in [0.2, 0.25) is 0 Å². The van der Waals surface area contributed by atoms with Crippen LogP contribution < -0.4 is 15.4 Å². The molecule has 0 radical (unpaired) electrons. The Labute approximate surface area is 183 Å². The molecule has 0 saturated heterocycles. The van der Waals surface area contributed by atoms with Crippen molar-refractivity contribution in [2.24, 2.45) is 10.9 Å². The number of ether oxygens (including phenoxy) is 1. The van der Waals surface area contributed by atoms with Crippen LogP contribution in [0, 0.1) is 12.8 Å². The summed E-state index contributed by atoms with van der Waals surface area (Å²) in [5.41, 5.74) is 1.13. The van der Waals surface area contributed by atoms with Crippen molar-refractivity contribution in [2.45, 2.75) is 39.7 Å². The quantitative estimate of drug-likeness (QED) is 0.309. The summed E-state index contributed by atoms with van der Waals surface area (Å²) in [4.78, 5) is 10.4. The highest BCUT2D eigenvalue weighted by molar-refractivity contribution is 14.0. The van der Waals surface area contributed by atoms with E-state index in [0.717, 1.165) is 54.3 Å². The second-order valence-corrected chi connectivity index (χ2v) is 7.92. The van der Waals surface area contributed by atoms with Gasteiger partial charge >= 0.3 is 0 Å². The van der Waals surface area contributed by atoms with Gasteiger partial charge in [0.2, 0.25) is 0 Å². The summed E-state index contributed by atoms with van der Waals surface area (Å²) >= 11 is 1.75. The second kappa shape index (κ2) is 11.5. The number of hydrogen-bond acceptors (Lipinski definition) is 4. The zero-order valence-electron chi connectivity index (χ0n) is 16.0. The molecular formula is C20H29IN4OS. The number of para-hydroxylation sites is 1. The second-order valence-electron chi connectivity index (χ2n) is 6.60. The number of thiazole rings is 1. The fourth-order valence-electron chi connectivity index (χ4n) is 2.58. The number of aromatic nitrogens is 1. The molecule has 1 saturated carbocycles. The molecule has 2 aromatic rings. The van der Waals surface area contributed by atoms with Gasteiger partial charge in [-0.3, -0.25) is 0 Å². The average molecular weight is 500 g/mol. The molecule has 148 valence electrons. The van der Waals surface area contributed by atoms with Crippen LogP contribution in [0.1, 0.15) is 35.2 Å². The van der Waals surface area contributed by atoms with Crippen molar-refractivity contribution < 1.29 is 4.74 Å². The fraction of sp³-hybridized carbons (Fsp3) is 0.500. The van der Waals surface area contributed by atoms with Crippen LogP contribution in [0.3, 0.4) is 0 Å². The van der Waals surface area contributed by atoms with E-state index in [2.05, 4.69) is 35.5 Å². The van der Waals surface area contributed by atoms with Gasteiger partial charge in [-0.15, -0.1) is 35.3 Å². The van der Waals surface area contributed by atoms with E-state index >= 15 is 0 Å². The van der Waals surface area contributed by atoms with Crippen LogP contribution >= 0.6 is 35.3 Å². The highest BCUT2D eigenvalue weighted by Gasteiger charge is 2.22. The van der Waals surface area contributed by atoms with Crippen LogP contribution in [0.5, 0.6) is 5.75 Å². The molecular weight excluding hydrogens is 471 g/mol. The number of guanidine groups is 1. The van der Waals surface area contributed by atoms with Crippen LogP contribution in [0.15, 0.2) is 35.5 Å². The first-order valence-electron chi connectivity index (χ1n) is 9.38. The molecule has 27 heavy (non-hydrogen) atoms. The van der Waals surface area contributed by atoms with Crippen molar-refractivity contribution in [3.8, 4) is 5.75 Å². The Morgan fingerprint density at radius 2 is 2.11 bits per heavy atom. The summed E-state index contributed by atoms with van der Waals surface area (Å²) < 4.78 is 5.98. The molecule has 1 aliphatic rings. The van der Waals surface area contributed by atoms with Gasteiger partial charge in [-0.05, 0) is 38.7 Å². The standard InChI is InChI=1S/C20H28N4OS.HI/c1-3-21-20(22-11-10-19-23-12-15(2)26-19)24-13-17-6-4-5-7-18(17)25-14-16-8-9-16;/h4-7,12,16H,3,8-11,13-14H2,1-2H3,(H2,21,22,24);1H. The van der Waals surface area contributed by atoms with Crippen molar-refractivity contribution in [1.82, 2.24) is 15.6 Å². The molecule has 0 unspecified atom stereocenters. The Morgan fingerprint density at radius 1 is 1.30 bits per heavy atom. The van der Waals surface area contributed by atoms with Crippen molar-refractivity contribution >= 4 is 41.3 Å². The number of halogens is 1. The number of nitrogens with zero attached hydrogens (tertiary/aromatic N) is 2. The molecule has 1 heterocycles. The first kappa shape index (κ1) is 21.9. The highest BCUT2D eigenvalue weighted by atomic mass is 127. The van der Waals surface area contributed by atoms with Gasteiger partial charge in [0.15, 0.2) is 5.96 Å². The molecule has 1 aromatic carbocycles. The van der Waals surface area contributed by atoms with Gasteiger partial charge < -0.3 is 15.4 Å².